The Balaban J connectivity index is 1.36. The number of piperazine rings is 1. The van der Waals surface area contributed by atoms with E-state index < -0.39 is 11.2 Å². The number of hydrogen-bond acceptors (Lipinski definition) is 11. The average Bonchev–Trinajstić information content (AvgIpc) is 3.05. The molecule has 0 bridgehead atoms. The van der Waals surface area contributed by atoms with Crippen molar-refractivity contribution in [2.24, 2.45) is 0 Å². The minimum absolute atomic E-state index is 0.159. The lowest BCUT2D eigenvalue weighted by Gasteiger charge is -2.36. The molecule has 13 heteroatoms. The zero-order valence-electron chi connectivity index (χ0n) is 31.1. The first-order valence-corrected chi connectivity index (χ1v) is 18.2. The van der Waals surface area contributed by atoms with E-state index in [-0.39, 0.29) is 24.8 Å². The summed E-state index contributed by atoms with van der Waals surface area (Å²) in [5.41, 5.74) is 6.93. The molecule has 0 unspecified atom stereocenters. The number of carbonyl (C=O) groups excluding carboxylic acids is 2. The molecular formula is C37H60N8O5. The van der Waals surface area contributed by atoms with E-state index in [4.69, 9.17) is 20.2 Å². The number of β-amino-alcohol motifs (C(OH)–C–C–N with tert-alkyl or cyclic N) is 1. The predicted octanol–water partition coefficient (Wildman–Crippen LogP) is 5.48. The van der Waals surface area contributed by atoms with Crippen LogP contribution >= 0.6 is 0 Å². The summed E-state index contributed by atoms with van der Waals surface area (Å²) in [6.45, 7) is 17.3. The van der Waals surface area contributed by atoms with Crippen molar-refractivity contribution in [1.82, 2.24) is 24.7 Å². The number of amides is 2. The molecule has 2 aliphatic rings. The lowest BCUT2D eigenvalue weighted by Crippen LogP contribution is -2.47. The molecule has 1 aromatic carbocycles. The molecule has 4 N–H and O–H groups in total. The first-order chi connectivity index (χ1) is 23.7. The highest BCUT2D eigenvalue weighted by atomic mass is 16.6. The van der Waals surface area contributed by atoms with Gasteiger partial charge in [0.25, 0.3) is 0 Å². The summed E-state index contributed by atoms with van der Waals surface area (Å²) in [6.07, 6.45) is 5.31. The highest BCUT2D eigenvalue weighted by Crippen LogP contribution is 2.25. The molecule has 2 fully saturated rings. The third-order valence-electron chi connectivity index (χ3n) is 8.81. The van der Waals surface area contributed by atoms with Crippen LogP contribution in [0.15, 0.2) is 30.3 Å². The molecule has 1 aromatic heterocycles. The molecule has 1 aliphatic heterocycles. The zero-order valence-corrected chi connectivity index (χ0v) is 31.1. The van der Waals surface area contributed by atoms with E-state index in [9.17, 15) is 14.7 Å². The molecule has 278 valence electrons. The van der Waals surface area contributed by atoms with Crippen molar-refractivity contribution < 1.29 is 24.2 Å². The van der Waals surface area contributed by atoms with Crippen LogP contribution in [0.2, 0.25) is 0 Å². The van der Waals surface area contributed by atoms with Crippen molar-refractivity contribution in [2.45, 2.75) is 110 Å². The van der Waals surface area contributed by atoms with Crippen LogP contribution in [0.5, 0.6) is 0 Å². The number of benzene rings is 1. The second-order valence-corrected chi connectivity index (χ2v) is 15.4. The summed E-state index contributed by atoms with van der Waals surface area (Å²) in [7, 11) is 0. The third kappa shape index (κ3) is 12.8. The summed E-state index contributed by atoms with van der Waals surface area (Å²) < 4.78 is 11.6. The molecule has 0 radical (unpaired) electrons. The smallest absolute Gasteiger partial charge is 0.410 e. The monoisotopic (exact) mass is 696 g/mol. The van der Waals surface area contributed by atoms with Gasteiger partial charge in [0.2, 0.25) is 5.95 Å². The van der Waals surface area contributed by atoms with E-state index in [1.54, 1.807) is 11.0 Å². The summed E-state index contributed by atoms with van der Waals surface area (Å²) in [6, 6.07) is 10.0. The summed E-state index contributed by atoms with van der Waals surface area (Å²) in [5.74, 6) is 1.65. The van der Waals surface area contributed by atoms with Gasteiger partial charge in [0.05, 0.1) is 6.61 Å². The maximum Gasteiger partial charge on any atom is 0.410 e. The van der Waals surface area contributed by atoms with Crippen molar-refractivity contribution in [3.63, 3.8) is 0 Å². The molecule has 1 saturated heterocycles. The van der Waals surface area contributed by atoms with Crippen LogP contribution in [0.4, 0.5) is 27.2 Å². The molecule has 1 saturated carbocycles. The Kier molecular flexibility index (Phi) is 13.9. The molecule has 2 aromatic rings. The number of nitrogen functional groups attached to an aromatic ring is 1. The second-order valence-electron chi connectivity index (χ2n) is 15.4. The van der Waals surface area contributed by atoms with E-state index in [1.165, 1.54) is 6.42 Å². The number of rotatable bonds is 13. The van der Waals surface area contributed by atoms with Gasteiger partial charge in [-0.1, -0.05) is 43.5 Å². The highest BCUT2D eigenvalue weighted by Gasteiger charge is 2.30. The molecule has 2 heterocycles. The number of nitrogens with two attached hydrogens (primary N) is 1. The van der Waals surface area contributed by atoms with Crippen molar-refractivity contribution in [2.75, 3.05) is 68.4 Å². The van der Waals surface area contributed by atoms with Crippen LogP contribution in [0.3, 0.4) is 0 Å². The molecular weight excluding hydrogens is 636 g/mol. The molecule has 1 aliphatic carbocycles. The van der Waals surface area contributed by atoms with Crippen molar-refractivity contribution in [1.29, 1.82) is 0 Å². The largest absolute Gasteiger partial charge is 0.444 e. The van der Waals surface area contributed by atoms with Crippen molar-refractivity contribution in [3.05, 3.63) is 41.5 Å². The first kappa shape index (κ1) is 39.0. The number of aromatic nitrogens is 2. The Morgan fingerprint density at radius 3 is 2.14 bits per heavy atom. The lowest BCUT2D eigenvalue weighted by molar-refractivity contribution is 0.00969. The molecule has 0 atom stereocenters. The van der Waals surface area contributed by atoms with Crippen LogP contribution in [0, 0.1) is 0 Å². The normalized spacial score (nSPS) is 16.2. The van der Waals surface area contributed by atoms with E-state index in [0.717, 1.165) is 68.8 Å². The molecule has 50 heavy (non-hydrogen) atoms. The predicted molar refractivity (Wildman–Crippen MR) is 197 cm³/mol. The Labute approximate surface area is 298 Å². The summed E-state index contributed by atoms with van der Waals surface area (Å²) >= 11 is 0. The minimum Gasteiger partial charge on any atom is -0.444 e. The van der Waals surface area contributed by atoms with E-state index in [0.29, 0.717) is 50.9 Å². The van der Waals surface area contributed by atoms with Crippen LogP contribution < -0.4 is 16.0 Å². The number of ether oxygens (including phenoxy) is 2. The van der Waals surface area contributed by atoms with E-state index >= 15 is 0 Å². The third-order valence-corrected chi connectivity index (χ3v) is 8.81. The van der Waals surface area contributed by atoms with E-state index in [2.05, 4.69) is 20.1 Å². The zero-order chi connectivity index (χ0) is 36.3. The second kappa shape index (κ2) is 17.9. The Morgan fingerprint density at radius 1 is 0.900 bits per heavy atom. The average molecular weight is 697 g/mol. The first-order valence-electron chi connectivity index (χ1n) is 18.2. The van der Waals surface area contributed by atoms with Crippen LogP contribution in [-0.2, 0) is 22.6 Å². The quantitative estimate of drug-likeness (QED) is 0.244. The van der Waals surface area contributed by atoms with Gasteiger partial charge in [-0.2, -0.15) is 9.97 Å². The lowest BCUT2D eigenvalue weighted by atomic mass is 9.94. The van der Waals surface area contributed by atoms with Crippen LogP contribution in [0.1, 0.15) is 91.2 Å². The standard InChI is InChI=1S/C37H60N8O5/c1-36(2,3)49-34(47)44(17-10-18-45(30-11-8-7-9-12-30)35(48)50-37(4,5)6)27-29-15-13-28(14-16-29)26-39-33-40-31(38)25-32(41-33)43-21-19-42(20-22-43)23-24-46/h13-16,25,30,46H,7-12,17-24,26-27H2,1-6H3,(H3,38,39,40,41). The molecule has 2 amide bonds. The van der Waals surface area contributed by atoms with Gasteiger partial charge in [0.15, 0.2) is 0 Å². The maximum absolute atomic E-state index is 13.4. The number of anilines is 3. The van der Waals surface area contributed by atoms with Crippen molar-refractivity contribution in [3.8, 4) is 0 Å². The fourth-order valence-electron chi connectivity index (χ4n) is 6.33. The van der Waals surface area contributed by atoms with Gasteiger partial charge < -0.3 is 40.3 Å². The number of aliphatic hydroxyl groups excluding tert-OH is 1. The SMILES string of the molecule is CC(C)(C)OC(=O)N(CCCN(C(=O)OC(C)(C)C)C1CCCCC1)Cc1ccc(CNc2nc(N)cc(N3CCN(CCO)CC3)n2)cc1. The van der Waals surface area contributed by atoms with Gasteiger partial charge in [-0.25, -0.2) is 9.59 Å². The molecule has 0 spiro atoms. The number of hydrogen-bond donors (Lipinski definition) is 3. The Bertz CT molecular complexity index is 1360. The number of nitrogens with zero attached hydrogens (tertiary/aromatic N) is 6. The fraction of sp³-hybridized carbons (Fsp3) is 0.676. The topological polar surface area (TPSA) is 150 Å². The summed E-state index contributed by atoms with van der Waals surface area (Å²) in [4.78, 5) is 43.7. The fourth-order valence-corrected chi connectivity index (χ4v) is 6.33. The summed E-state index contributed by atoms with van der Waals surface area (Å²) in [5, 5.41) is 12.5. The Morgan fingerprint density at radius 2 is 1.52 bits per heavy atom. The van der Waals surface area contributed by atoms with E-state index in [1.807, 2.05) is 70.7 Å². The van der Waals surface area contributed by atoms with Gasteiger partial charge in [0.1, 0.15) is 22.8 Å². The molecule has 4 rings (SSSR count). The van der Waals surface area contributed by atoms with Gasteiger partial charge in [-0.05, 0) is 71.9 Å². The maximum atomic E-state index is 13.4. The highest BCUT2D eigenvalue weighted by molar-refractivity contribution is 5.69. The minimum atomic E-state index is -0.632. The van der Waals surface area contributed by atoms with Gasteiger partial charge in [0, 0.05) is 71.0 Å². The van der Waals surface area contributed by atoms with Crippen LogP contribution in [-0.4, -0.2) is 112 Å². The van der Waals surface area contributed by atoms with Crippen LogP contribution in [0.25, 0.3) is 0 Å². The van der Waals surface area contributed by atoms with Gasteiger partial charge in [-0.15, -0.1) is 0 Å². The number of nitrogens with one attached hydrogen (secondary N) is 1. The van der Waals surface area contributed by atoms with Gasteiger partial charge >= 0.3 is 12.2 Å². The number of aliphatic hydroxyl groups is 1. The van der Waals surface area contributed by atoms with Gasteiger partial charge in [-0.3, -0.25) is 4.90 Å². The van der Waals surface area contributed by atoms with Crippen molar-refractivity contribution >= 4 is 29.8 Å². The molecule has 13 nitrogen and oxygen atoms in total. The Hall–Kier alpha value is -3.84. The number of carbonyl (C=O) groups is 2.